The summed E-state index contributed by atoms with van der Waals surface area (Å²) in [5, 5.41) is 4.68. The molecular weight excluding hydrogens is 424 g/mol. The van der Waals surface area contributed by atoms with Gasteiger partial charge in [-0.3, -0.25) is 0 Å². The van der Waals surface area contributed by atoms with Gasteiger partial charge in [-0.05, 0) is 42.0 Å². The van der Waals surface area contributed by atoms with Crippen LogP contribution < -0.4 is 14.8 Å². The van der Waals surface area contributed by atoms with Crippen molar-refractivity contribution in [2.75, 3.05) is 12.4 Å². The van der Waals surface area contributed by atoms with E-state index in [2.05, 4.69) is 5.32 Å². The SMILES string of the molecule is COc1cc(CNc2ccc(Cl)cc2Cl)cc(Cl)c1OCc1ccccc1F. The average molecular weight is 441 g/mol. The molecule has 0 fully saturated rings. The first-order valence-corrected chi connectivity index (χ1v) is 9.53. The summed E-state index contributed by atoms with van der Waals surface area (Å²) >= 11 is 18.5. The van der Waals surface area contributed by atoms with Crippen LogP contribution >= 0.6 is 34.8 Å². The Bertz CT molecular complexity index is 982. The standard InChI is InChI=1S/C21H17Cl3FNO2/c1-27-20-9-13(11-26-19-7-6-15(22)10-16(19)23)8-17(24)21(20)28-12-14-4-2-3-5-18(14)25/h2-10,26H,11-12H2,1H3. The van der Waals surface area contributed by atoms with Crippen molar-refractivity contribution in [2.45, 2.75) is 13.2 Å². The molecule has 28 heavy (non-hydrogen) atoms. The summed E-state index contributed by atoms with van der Waals surface area (Å²) < 4.78 is 24.9. The van der Waals surface area contributed by atoms with Crippen molar-refractivity contribution in [3.05, 3.63) is 86.6 Å². The molecule has 0 aliphatic heterocycles. The zero-order valence-electron chi connectivity index (χ0n) is 14.9. The Morgan fingerprint density at radius 2 is 1.75 bits per heavy atom. The molecule has 3 rings (SSSR count). The van der Waals surface area contributed by atoms with Crippen molar-refractivity contribution in [3.8, 4) is 11.5 Å². The number of rotatable bonds is 7. The minimum Gasteiger partial charge on any atom is -0.493 e. The third kappa shape index (κ3) is 5.02. The van der Waals surface area contributed by atoms with E-state index in [9.17, 15) is 4.39 Å². The summed E-state index contributed by atoms with van der Waals surface area (Å²) in [6.07, 6.45) is 0. The zero-order valence-corrected chi connectivity index (χ0v) is 17.2. The number of methoxy groups -OCH3 is 1. The van der Waals surface area contributed by atoms with Crippen molar-refractivity contribution in [1.29, 1.82) is 0 Å². The van der Waals surface area contributed by atoms with Gasteiger partial charge < -0.3 is 14.8 Å². The van der Waals surface area contributed by atoms with E-state index in [0.29, 0.717) is 38.7 Å². The maximum Gasteiger partial charge on any atom is 0.180 e. The van der Waals surface area contributed by atoms with Crippen molar-refractivity contribution in [1.82, 2.24) is 0 Å². The smallest absolute Gasteiger partial charge is 0.180 e. The molecule has 0 amide bonds. The highest BCUT2D eigenvalue weighted by Crippen LogP contribution is 2.37. The third-order valence-corrected chi connectivity index (χ3v) is 4.86. The molecule has 0 saturated heterocycles. The summed E-state index contributed by atoms with van der Waals surface area (Å²) in [4.78, 5) is 0. The maximum absolute atomic E-state index is 13.8. The van der Waals surface area contributed by atoms with Gasteiger partial charge in [-0.15, -0.1) is 0 Å². The van der Waals surface area contributed by atoms with Crippen LogP contribution in [-0.2, 0) is 13.2 Å². The summed E-state index contributed by atoms with van der Waals surface area (Å²) in [5.41, 5.74) is 2.05. The van der Waals surface area contributed by atoms with E-state index in [1.54, 1.807) is 48.5 Å². The molecule has 1 N–H and O–H groups in total. The van der Waals surface area contributed by atoms with Gasteiger partial charge in [-0.2, -0.15) is 0 Å². The lowest BCUT2D eigenvalue weighted by atomic mass is 10.2. The fraction of sp³-hybridized carbons (Fsp3) is 0.143. The van der Waals surface area contributed by atoms with Crippen molar-refractivity contribution < 1.29 is 13.9 Å². The number of nitrogens with one attached hydrogen (secondary N) is 1. The molecule has 0 radical (unpaired) electrons. The van der Waals surface area contributed by atoms with Crippen molar-refractivity contribution >= 4 is 40.5 Å². The molecule has 0 aliphatic rings. The van der Waals surface area contributed by atoms with Crippen LogP contribution in [-0.4, -0.2) is 7.11 Å². The van der Waals surface area contributed by atoms with Gasteiger partial charge in [0.05, 0.1) is 22.8 Å². The van der Waals surface area contributed by atoms with E-state index < -0.39 is 0 Å². The van der Waals surface area contributed by atoms with Gasteiger partial charge in [0.15, 0.2) is 11.5 Å². The minimum absolute atomic E-state index is 0.0424. The van der Waals surface area contributed by atoms with Crippen LogP contribution in [0.25, 0.3) is 0 Å². The van der Waals surface area contributed by atoms with E-state index in [1.165, 1.54) is 13.2 Å². The lowest BCUT2D eigenvalue weighted by molar-refractivity contribution is 0.280. The topological polar surface area (TPSA) is 30.5 Å². The minimum atomic E-state index is -0.335. The highest BCUT2D eigenvalue weighted by molar-refractivity contribution is 6.36. The Morgan fingerprint density at radius 3 is 2.46 bits per heavy atom. The molecule has 3 nitrogen and oxygen atoms in total. The Balaban J connectivity index is 1.74. The molecule has 0 bridgehead atoms. The van der Waals surface area contributed by atoms with Crippen LogP contribution in [0.1, 0.15) is 11.1 Å². The predicted octanol–water partition coefficient (Wildman–Crippen LogP) is 6.99. The number of anilines is 1. The first-order chi connectivity index (χ1) is 13.5. The lowest BCUT2D eigenvalue weighted by Gasteiger charge is -2.15. The van der Waals surface area contributed by atoms with Crippen molar-refractivity contribution in [2.24, 2.45) is 0 Å². The van der Waals surface area contributed by atoms with Gasteiger partial charge in [0, 0.05) is 17.1 Å². The molecule has 146 valence electrons. The fourth-order valence-electron chi connectivity index (χ4n) is 2.61. The number of hydrogen-bond donors (Lipinski definition) is 1. The number of ether oxygens (including phenoxy) is 2. The molecule has 0 saturated carbocycles. The van der Waals surface area contributed by atoms with Crippen LogP contribution in [0.3, 0.4) is 0 Å². The first-order valence-electron chi connectivity index (χ1n) is 8.39. The summed E-state index contributed by atoms with van der Waals surface area (Å²) in [6.45, 7) is 0.506. The van der Waals surface area contributed by atoms with Gasteiger partial charge >= 0.3 is 0 Å². The van der Waals surface area contributed by atoms with E-state index in [-0.39, 0.29) is 12.4 Å². The van der Waals surface area contributed by atoms with E-state index >= 15 is 0 Å². The molecule has 0 unspecified atom stereocenters. The Kier molecular flexibility index (Phi) is 6.89. The molecule has 0 aromatic heterocycles. The molecule has 0 aliphatic carbocycles. The van der Waals surface area contributed by atoms with Crippen LogP contribution in [0.2, 0.25) is 15.1 Å². The monoisotopic (exact) mass is 439 g/mol. The number of halogens is 4. The largest absolute Gasteiger partial charge is 0.493 e. The highest BCUT2D eigenvalue weighted by atomic mass is 35.5. The van der Waals surface area contributed by atoms with Gasteiger partial charge in [0.25, 0.3) is 0 Å². The predicted molar refractivity (Wildman–Crippen MR) is 113 cm³/mol. The van der Waals surface area contributed by atoms with Crippen LogP contribution in [0, 0.1) is 5.82 Å². The van der Waals surface area contributed by atoms with Gasteiger partial charge in [-0.1, -0.05) is 53.0 Å². The Morgan fingerprint density at radius 1 is 0.964 bits per heavy atom. The van der Waals surface area contributed by atoms with E-state index in [0.717, 1.165) is 11.3 Å². The lowest BCUT2D eigenvalue weighted by Crippen LogP contribution is -2.03. The second-order valence-electron chi connectivity index (χ2n) is 5.97. The quantitative estimate of drug-likeness (QED) is 0.429. The molecule has 0 spiro atoms. The summed E-state index contributed by atoms with van der Waals surface area (Å²) in [7, 11) is 1.52. The third-order valence-electron chi connectivity index (χ3n) is 4.03. The van der Waals surface area contributed by atoms with Crippen molar-refractivity contribution in [3.63, 3.8) is 0 Å². The molecule has 3 aromatic carbocycles. The van der Waals surface area contributed by atoms with E-state index in [1.807, 2.05) is 0 Å². The van der Waals surface area contributed by atoms with Crippen LogP contribution in [0.15, 0.2) is 54.6 Å². The number of hydrogen-bond acceptors (Lipinski definition) is 3. The Hall–Kier alpha value is -2.14. The maximum atomic E-state index is 13.8. The summed E-state index contributed by atoms with van der Waals surface area (Å²) in [5.74, 6) is 0.488. The molecule has 3 aromatic rings. The van der Waals surface area contributed by atoms with Gasteiger partial charge in [0.2, 0.25) is 0 Å². The molecular formula is C21H17Cl3FNO2. The first kappa shape index (κ1) is 20.6. The number of benzene rings is 3. The Labute approximate surface area is 177 Å². The van der Waals surface area contributed by atoms with Crippen LogP contribution in [0.4, 0.5) is 10.1 Å². The van der Waals surface area contributed by atoms with Gasteiger partial charge in [-0.25, -0.2) is 4.39 Å². The normalized spacial score (nSPS) is 10.6. The van der Waals surface area contributed by atoms with Gasteiger partial charge in [0.1, 0.15) is 12.4 Å². The van der Waals surface area contributed by atoms with E-state index in [4.69, 9.17) is 44.3 Å². The highest BCUT2D eigenvalue weighted by Gasteiger charge is 2.14. The molecule has 0 heterocycles. The zero-order chi connectivity index (χ0) is 20.1. The fourth-order valence-corrected chi connectivity index (χ4v) is 3.37. The second-order valence-corrected chi connectivity index (χ2v) is 7.22. The van der Waals surface area contributed by atoms with Crippen LogP contribution in [0.5, 0.6) is 11.5 Å². The summed E-state index contributed by atoms with van der Waals surface area (Å²) in [6, 6.07) is 15.2. The molecule has 0 atom stereocenters. The molecule has 7 heteroatoms. The average Bonchev–Trinajstić information content (AvgIpc) is 2.67. The second kappa shape index (κ2) is 9.37.